The van der Waals surface area contributed by atoms with E-state index in [4.69, 9.17) is 10.5 Å². The third-order valence-electron chi connectivity index (χ3n) is 1.55. The first-order chi connectivity index (χ1) is 5.65. The summed E-state index contributed by atoms with van der Waals surface area (Å²) < 4.78 is 5.10. The van der Waals surface area contributed by atoms with Crippen molar-refractivity contribution < 1.29 is 4.74 Å². The van der Waals surface area contributed by atoms with Crippen LogP contribution in [0.4, 0.5) is 0 Å². The first-order valence-electron chi connectivity index (χ1n) is 3.76. The standard InChI is InChI=1S/C7H13N3OS/c1-4(8)6-9-10-7(12-6)5(2)11-3/h4-5H,8H2,1-3H3. The van der Waals surface area contributed by atoms with Crippen LogP contribution in [0.3, 0.4) is 0 Å². The molecular weight excluding hydrogens is 174 g/mol. The molecule has 0 aliphatic heterocycles. The van der Waals surface area contributed by atoms with Gasteiger partial charge in [0.1, 0.15) is 16.1 Å². The summed E-state index contributed by atoms with van der Waals surface area (Å²) in [5.74, 6) is 0. The van der Waals surface area contributed by atoms with E-state index in [9.17, 15) is 0 Å². The lowest BCUT2D eigenvalue weighted by molar-refractivity contribution is 0.118. The Morgan fingerprint density at radius 3 is 2.33 bits per heavy atom. The quantitative estimate of drug-likeness (QED) is 0.774. The second kappa shape index (κ2) is 3.93. The topological polar surface area (TPSA) is 61.0 Å². The molecule has 0 radical (unpaired) electrons. The van der Waals surface area contributed by atoms with Gasteiger partial charge >= 0.3 is 0 Å². The highest BCUT2D eigenvalue weighted by Gasteiger charge is 2.12. The van der Waals surface area contributed by atoms with Crippen molar-refractivity contribution in [2.75, 3.05) is 7.11 Å². The number of ether oxygens (including phenoxy) is 1. The SMILES string of the molecule is COC(C)c1nnc(C(C)N)s1. The van der Waals surface area contributed by atoms with Crippen LogP contribution in [-0.4, -0.2) is 17.3 Å². The highest BCUT2D eigenvalue weighted by molar-refractivity contribution is 7.11. The molecule has 0 fully saturated rings. The van der Waals surface area contributed by atoms with Crippen molar-refractivity contribution in [3.05, 3.63) is 10.0 Å². The van der Waals surface area contributed by atoms with Crippen molar-refractivity contribution >= 4 is 11.3 Å². The molecule has 1 rings (SSSR count). The molecular formula is C7H13N3OS. The van der Waals surface area contributed by atoms with E-state index >= 15 is 0 Å². The largest absolute Gasteiger partial charge is 0.374 e. The van der Waals surface area contributed by atoms with Crippen molar-refractivity contribution in [1.82, 2.24) is 10.2 Å². The average molecular weight is 187 g/mol. The number of aromatic nitrogens is 2. The fourth-order valence-corrected chi connectivity index (χ4v) is 1.52. The normalized spacial score (nSPS) is 16.0. The molecule has 0 saturated carbocycles. The van der Waals surface area contributed by atoms with E-state index in [1.807, 2.05) is 13.8 Å². The molecule has 2 N–H and O–H groups in total. The van der Waals surface area contributed by atoms with Gasteiger partial charge in [0.05, 0.1) is 6.04 Å². The molecule has 0 aliphatic rings. The third kappa shape index (κ3) is 2.00. The van der Waals surface area contributed by atoms with Gasteiger partial charge in [-0.1, -0.05) is 11.3 Å². The summed E-state index contributed by atoms with van der Waals surface area (Å²) in [5, 5.41) is 9.65. The molecule has 0 spiro atoms. The molecule has 1 aromatic rings. The maximum Gasteiger partial charge on any atom is 0.146 e. The number of methoxy groups -OCH3 is 1. The zero-order chi connectivity index (χ0) is 9.14. The molecule has 68 valence electrons. The van der Waals surface area contributed by atoms with E-state index in [2.05, 4.69) is 10.2 Å². The Balaban J connectivity index is 2.77. The number of hydrogen-bond donors (Lipinski definition) is 1. The van der Waals surface area contributed by atoms with Crippen LogP contribution in [0.1, 0.15) is 36.0 Å². The van der Waals surface area contributed by atoms with Gasteiger partial charge in [0.15, 0.2) is 0 Å². The van der Waals surface area contributed by atoms with Gasteiger partial charge in [0.25, 0.3) is 0 Å². The van der Waals surface area contributed by atoms with Crippen LogP contribution in [0.2, 0.25) is 0 Å². The van der Waals surface area contributed by atoms with E-state index in [-0.39, 0.29) is 12.1 Å². The second-order valence-electron chi connectivity index (χ2n) is 2.65. The molecule has 5 heteroatoms. The summed E-state index contributed by atoms with van der Waals surface area (Å²) in [6.07, 6.45) is 0.00926. The third-order valence-corrected chi connectivity index (χ3v) is 2.83. The van der Waals surface area contributed by atoms with Gasteiger partial charge in [-0.05, 0) is 13.8 Å². The molecule has 0 bridgehead atoms. The van der Waals surface area contributed by atoms with Crippen molar-refractivity contribution in [3.8, 4) is 0 Å². The maximum absolute atomic E-state index is 5.64. The molecule has 0 aromatic carbocycles. The van der Waals surface area contributed by atoms with Crippen molar-refractivity contribution in [2.45, 2.75) is 26.0 Å². The average Bonchev–Trinajstić information content (AvgIpc) is 2.51. The minimum Gasteiger partial charge on any atom is -0.374 e. The van der Waals surface area contributed by atoms with Gasteiger partial charge in [-0.15, -0.1) is 10.2 Å². The lowest BCUT2D eigenvalue weighted by Gasteiger charge is -2.02. The van der Waals surface area contributed by atoms with Crippen LogP contribution in [0.15, 0.2) is 0 Å². The Hall–Kier alpha value is -0.520. The van der Waals surface area contributed by atoms with E-state index in [1.54, 1.807) is 7.11 Å². The molecule has 2 atom stereocenters. The summed E-state index contributed by atoms with van der Waals surface area (Å²) >= 11 is 1.50. The smallest absolute Gasteiger partial charge is 0.146 e. The zero-order valence-corrected chi connectivity index (χ0v) is 8.26. The highest BCUT2D eigenvalue weighted by atomic mass is 32.1. The summed E-state index contributed by atoms with van der Waals surface area (Å²) in [6.45, 7) is 3.83. The lowest BCUT2D eigenvalue weighted by Crippen LogP contribution is -2.03. The first kappa shape index (κ1) is 9.57. The molecule has 2 unspecified atom stereocenters. The van der Waals surface area contributed by atoms with Gasteiger partial charge in [-0.3, -0.25) is 0 Å². The highest BCUT2D eigenvalue weighted by Crippen LogP contribution is 2.22. The molecule has 1 aromatic heterocycles. The van der Waals surface area contributed by atoms with Crippen molar-refractivity contribution in [1.29, 1.82) is 0 Å². The molecule has 12 heavy (non-hydrogen) atoms. The van der Waals surface area contributed by atoms with E-state index in [0.717, 1.165) is 10.0 Å². The lowest BCUT2D eigenvalue weighted by atomic mass is 10.4. The Morgan fingerprint density at radius 2 is 1.92 bits per heavy atom. The van der Waals surface area contributed by atoms with Gasteiger partial charge in [0, 0.05) is 7.11 Å². The number of rotatable bonds is 3. The van der Waals surface area contributed by atoms with Gasteiger partial charge in [0.2, 0.25) is 0 Å². The van der Waals surface area contributed by atoms with Crippen molar-refractivity contribution in [2.24, 2.45) is 5.73 Å². The monoisotopic (exact) mass is 187 g/mol. The Bertz CT molecular complexity index is 249. The Kier molecular flexibility index (Phi) is 3.13. The molecule has 4 nitrogen and oxygen atoms in total. The van der Waals surface area contributed by atoms with Crippen LogP contribution in [0.5, 0.6) is 0 Å². The summed E-state index contributed by atoms with van der Waals surface area (Å²) in [6, 6.07) is -0.0414. The Labute approximate surface area is 75.8 Å². The fraction of sp³-hybridized carbons (Fsp3) is 0.714. The van der Waals surface area contributed by atoms with Crippen LogP contribution in [0.25, 0.3) is 0 Å². The maximum atomic E-state index is 5.64. The van der Waals surface area contributed by atoms with E-state index < -0.39 is 0 Å². The predicted molar refractivity (Wildman–Crippen MR) is 47.9 cm³/mol. The summed E-state index contributed by atoms with van der Waals surface area (Å²) in [7, 11) is 1.65. The predicted octanol–water partition coefficient (Wildman–Crippen LogP) is 1.27. The molecule has 0 amide bonds. The number of hydrogen-bond acceptors (Lipinski definition) is 5. The van der Waals surface area contributed by atoms with E-state index in [0.29, 0.717) is 0 Å². The fourth-order valence-electron chi connectivity index (χ4n) is 0.696. The minimum absolute atomic E-state index is 0.00926. The van der Waals surface area contributed by atoms with Gasteiger partial charge in [-0.25, -0.2) is 0 Å². The molecule has 1 heterocycles. The van der Waals surface area contributed by atoms with Crippen LogP contribution in [0, 0.1) is 0 Å². The van der Waals surface area contributed by atoms with Gasteiger partial charge in [-0.2, -0.15) is 0 Å². The van der Waals surface area contributed by atoms with Crippen LogP contribution < -0.4 is 5.73 Å². The minimum atomic E-state index is -0.0414. The number of nitrogens with two attached hydrogens (primary N) is 1. The van der Waals surface area contributed by atoms with Crippen LogP contribution >= 0.6 is 11.3 Å². The zero-order valence-electron chi connectivity index (χ0n) is 7.44. The Morgan fingerprint density at radius 1 is 1.33 bits per heavy atom. The first-order valence-corrected chi connectivity index (χ1v) is 4.58. The van der Waals surface area contributed by atoms with Crippen LogP contribution in [-0.2, 0) is 4.74 Å². The van der Waals surface area contributed by atoms with Crippen molar-refractivity contribution in [3.63, 3.8) is 0 Å². The molecule has 0 saturated heterocycles. The van der Waals surface area contributed by atoms with E-state index in [1.165, 1.54) is 11.3 Å². The second-order valence-corrected chi connectivity index (χ2v) is 3.69. The number of nitrogens with zero attached hydrogens (tertiary/aromatic N) is 2. The summed E-state index contributed by atoms with van der Waals surface area (Å²) in [4.78, 5) is 0. The summed E-state index contributed by atoms with van der Waals surface area (Å²) in [5.41, 5.74) is 5.64. The molecule has 0 aliphatic carbocycles. The van der Waals surface area contributed by atoms with Gasteiger partial charge < -0.3 is 10.5 Å².